The van der Waals surface area contributed by atoms with Crippen molar-refractivity contribution >= 4 is 37.8 Å². The van der Waals surface area contributed by atoms with Gasteiger partial charge in [0.1, 0.15) is 6.61 Å². The van der Waals surface area contributed by atoms with E-state index in [-0.39, 0.29) is 34.7 Å². The number of halogens is 1. The number of hydrogen-bond donors (Lipinski definition) is 3. The zero-order valence-corrected chi connectivity index (χ0v) is 13.1. The fourth-order valence-corrected chi connectivity index (χ4v) is 2.79. The van der Waals surface area contributed by atoms with Gasteiger partial charge in [-0.3, -0.25) is 4.79 Å². The van der Waals surface area contributed by atoms with E-state index in [4.69, 9.17) is 15.6 Å². The smallest absolute Gasteiger partial charge is 0.336 e. The number of benzene rings is 1. The normalized spacial score (nSPS) is 11.3. The second-order valence-electron chi connectivity index (χ2n) is 3.86. The Hall–Kier alpha value is -1.49. The molecule has 10 heteroatoms. The molecular formula is C11H13BrN2O6S. The van der Waals surface area contributed by atoms with Gasteiger partial charge in [0.15, 0.2) is 0 Å². The van der Waals surface area contributed by atoms with Crippen LogP contribution in [0.25, 0.3) is 0 Å². The van der Waals surface area contributed by atoms with E-state index in [0.29, 0.717) is 0 Å². The molecule has 21 heavy (non-hydrogen) atoms. The molecule has 0 fully saturated rings. The third-order valence-corrected chi connectivity index (χ3v) is 4.41. The number of carboxylic acid groups (broad SMARTS) is 1. The van der Waals surface area contributed by atoms with Crippen LogP contribution < -0.4 is 10.5 Å². The Balaban J connectivity index is 2.72. The van der Waals surface area contributed by atoms with Crippen molar-refractivity contribution in [2.24, 2.45) is 5.73 Å². The Morgan fingerprint density at radius 1 is 1.38 bits per heavy atom. The fraction of sp³-hybridized carbons (Fsp3) is 0.273. The third-order valence-electron chi connectivity index (χ3n) is 2.26. The Labute approximate surface area is 129 Å². The van der Waals surface area contributed by atoms with E-state index in [0.717, 1.165) is 6.07 Å². The first kappa shape index (κ1) is 17.6. The zero-order chi connectivity index (χ0) is 16.0. The van der Waals surface area contributed by atoms with Crippen LogP contribution in [0.5, 0.6) is 0 Å². The van der Waals surface area contributed by atoms with Crippen molar-refractivity contribution in [3.05, 3.63) is 28.2 Å². The number of carboxylic acids is 1. The number of hydrogen-bond acceptors (Lipinski definition) is 5. The van der Waals surface area contributed by atoms with Crippen LogP contribution in [0, 0.1) is 0 Å². The number of carbonyl (C=O) groups excluding carboxylic acids is 1. The number of primary amides is 1. The summed E-state index contributed by atoms with van der Waals surface area (Å²) in [5, 5.41) is 8.94. The number of carbonyl (C=O) groups is 2. The monoisotopic (exact) mass is 380 g/mol. The number of nitrogens with two attached hydrogens (primary N) is 1. The molecule has 0 aliphatic carbocycles. The summed E-state index contributed by atoms with van der Waals surface area (Å²) in [6.07, 6.45) is 0. The SMILES string of the molecule is NC(=O)COCCNS(=O)(=O)c1ccc(Br)c(C(=O)O)c1. The molecule has 116 valence electrons. The minimum absolute atomic E-state index is 0.0372. The van der Waals surface area contributed by atoms with Crippen LogP contribution in [0.2, 0.25) is 0 Å². The van der Waals surface area contributed by atoms with Crippen molar-refractivity contribution in [2.75, 3.05) is 19.8 Å². The van der Waals surface area contributed by atoms with Gasteiger partial charge in [0.05, 0.1) is 17.1 Å². The first-order valence-corrected chi connectivity index (χ1v) is 7.90. The molecular weight excluding hydrogens is 368 g/mol. The van der Waals surface area contributed by atoms with Crippen molar-refractivity contribution in [3.63, 3.8) is 0 Å². The van der Waals surface area contributed by atoms with Gasteiger partial charge < -0.3 is 15.6 Å². The summed E-state index contributed by atoms with van der Waals surface area (Å²) >= 11 is 3.02. The molecule has 1 amide bonds. The van der Waals surface area contributed by atoms with Gasteiger partial charge in [0.25, 0.3) is 0 Å². The lowest BCUT2D eigenvalue weighted by atomic mass is 10.2. The molecule has 1 aromatic rings. The Kier molecular flexibility index (Phi) is 6.27. The highest BCUT2D eigenvalue weighted by Crippen LogP contribution is 2.20. The Morgan fingerprint density at radius 3 is 2.62 bits per heavy atom. The van der Waals surface area contributed by atoms with E-state index in [9.17, 15) is 18.0 Å². The van der Waals surface area contributed by atoms with E-state index < -0.39 is 21.9 Å². The molecule has 8 nitrogen and oxygen atoms in total. The fourth-order valence-electron chi connectivity index (χ4n) is 1.34. The van der Waals surface area contributed by atoms with Crippen molar-refractivity contribution in [3.8, 4) is 0 Å². The van der Waals surface area contributed by atoms with Gasteiger partial charge in [-0.05, 0) is 34.1 Å². The highest BCUT2D eigenvalue weighted by atomic mass is 79.9. The summed E-state index contributed by atoms with van der Waals surface area (Å²) in [7, 11) is -3.86. The minimum atomic E-state index is -3.86. The molecule has 0 radical (unpaired) electrons. The molecule has 0 heterocycles. The van der Waals surface area contributed by atoms with E-state index >= 15 is 0 Å². The minimum Gasteiger partial charge on any atom is -0.478 e. The summed E-state index contributed by atoms with van der Waals surface area (Å²) in [6.45, 7) is -0.415. The van der Waals surface area contributed by atoms with Gasteiger partial charge in [-0.1, -0.05) is 0 Å². The van der Waals surface area contributed by atoms with E-state index in [2.05, 4.69) is 20.7 Å². The highest BCUT2D eigenvalue weighted by Gasteiger charge is 2.17. The Morgan fingerprint density at radius 2 is 2.05 bits per heavy atom. The molecule has 1 aromatic carbocycles. The van der Waals surface area contributed by atoms with Crippen LogP contribution in [0.3, 0.4) is 0 Å². The van der Waals surface area contributed by atoms with Crippen molar-refractivity contribution in [1.82, 2.24) is 4.72 Å². The molecule has 0 spiro atoms. The molecule has 0 saturated carbocycles. The van der Waals surface area contributed by atoms with Crippen LogP contribution in [0.1, 0.15) is 10.4 Å². The zero-order valence-electron chi connectivity index (χ0n) is 10.7. The van der Waals surface area contributed by atoms with Crippen molar-refractivity contribution < 1.29 is 27.9 Å². The summed E-state index contributed by atoms with van der Waals surface area (Å²) < 4.78 is 31.2. The summed E-state index contributed by atoms with van der Waals surface area (Å²) in [6, 6.07) is 3.64. The van der Waals surface area contributed by atoms with Crippen molar-refractivity contribution in [1.29, 1.82) is 0 Å². The number of amides is 1. The van der Waals surface area contributed by atoms with E-state index in [1.807, 2.05) is 0 Å². The standard InChI is InChI=1S/C11H13BrN2O6S/c12-9-2-1-7(5-8(9)11(16)17)21(18,19)14-3-4-20-6-10(13)15/h1-2,5,14H,3-4,6H2,(H2,13,15)(H,16,17). The summed E-state index contributed by atoms with van der Waals surface area (Å²) in [4.78, 5) is 21.2. The lowest BCUT2D eigenvalue weighted by Gasteiger charge is -2.08. The molecule has 0 aromatic heterocycles. The number of aromatic carboxylic acids is 1. The first-order valence-electron chi connectivity index (χ1n) is 5.62. The number of nitrogens with one attached hydrogen (secondary N) is 1. The molecule has 1 rings (SSSR count). The average molecular weight is 381 g/mol. The van der Waals surface area contributed by atoms with Gasteiger partial charge in [-0.25, -0.2) is 17.9 Å². The Bertz CT molecular complexity index is 646. The van der Waals surface area contributed by atoms with Crippen molar-refractivity contribution in [2.45, 2.75) is 4.90 Å². The number of sulfonamides is 1. The maximum absolute atomic E-state index is 11.9. The predicted molar refractivity (Wildman–Crippen MR) is 76.3 cm³/mol. The molecule has 0 bridgehead atoms. The highest BCUT2D eigenvalue weighted by molar-refractivity contribution is 9.10. The first-order chi connectivity index (χ1) is 9.74. The molecule has 0 unspecified atom stereocenters. The summed E-state index contributed by atoms with van der Waals surface area (Å²) in [5.41, 5.74) is 4.68. The molecule has 0 aliphatic heterocycles. The van der Waals surface area contributed by atoms with Gasteiger partial charge in [0.2, 0.25) is 15.9 Å². The van der Waals surface area contributed by atoms with Crippen LogP contribution >= 0.6 is 15.9 Å². The topological polar surface area (TPSA) is 136 Å². The molecule has 0 atom stereocenters. The largest absolute Gasteiger partial charge is 0.478 e. The molecule has 0 saturated heterocycles. The quantitative estimate of drug-likeness (QED) is 0.540. The van der Waals surface area contributed by atoms with E-state index in [1.54, 1.807) is 0 Å². The second kappa shape index (κ2) is 7.50. The van der Waals surface area contributed by atoms with Gasteiger partial charge >= 0.3 is 5.97 Å². The van der Waals surface area contributed by atoms with Crippen LogP contribution in [0.4, 0.5) is 0 Å². The number of ether oxygens (including phenoxy) is 1. The summed E-state index contributed by atoms with van der Waals surface area (Å²) in [5.74, 6) is -1.90. The second-order valence-corrected chi connectivity index (χ2v) is 6.48. The van der Waals surface area contributed by atoms with Gasteiger partial charge in [0, 0.05) is 11.0 Å². The maximum Gasteiger partial charge on any atom is 0.336 e. The predicted octanol–water partition coefficient (Wildman–Crippen LogP) is -0.0725. The third kappa shape index (κ3) is 5.42. The van der Waals surface area contributed by atoms with Crippen LogP contribution in [0.15, 0.2) is 27.6 Å². The average Bonchev–Trinajstić information content (AvgIpc) is 2.37. The maximum atomic E-state index is 11.9. The van der Waals surface area contributed by atoms with Gasteiger partial charge in [-0.15, -0.1) is 0 Å². The van der Waals surface area contributed by atoms with Gasteiger partial charge in [-0.2, -0.15) is 0 Å². The van der Waals surface area contributed by atoms with Crippen LogP contribution in [-0.4, -0.2) is 45.2 Å². The number of rotatable bonds is 8. The molecule has 4 N–H and O–H groups in total. The van der Waals surface area contributed by atoms with Crippen LogP contribution in [-0.2, 0) is 19.6 Å². The van der Waals surface area contributed by atoms with E-state index in [1.165, 1.54) is 12.1 Å². The lowest BCUT2D eigenvalue weighted by Crippen LogP contribution is -2.29. The lowest BCUT2D eigenvalue weighted by molar-refractivity contribution is -0.122. The molecule has 0 aliphatic rings.